The minimum absolute atomic E-state index is 0.150. The Balaban J connectivity index is 2.53. The number of hydrogen-bond donors (Lipinski definition) is 0. The van der Waals surface area contributed by atoms with Crippen LogP contribution in [-0.4, -0.2) is 47.9 Å². The predicted molar refractivity (Wildman–Crippen MR) is 67.4 cm³/mol. The Morgan fingerprint density at radius 1 is 1.29 bits per heavy atom. The molecule has 0 unspecified atom stereocenters. The van der Waals surface area contributed by atoms with E-state index in [0.29, 0.717) is 19.1 Å². The van der Waals surface area contributed by atoms with Crippen LogP contribution >= 0.6 is 0 Å². The summed E-state index contributed by atoms with van der Waals surface area (Å²) < 4.78 is 0. The maximum atomic E-state index is 12.0. The first-order valence-electron chi connectivity index (χ1n) is 6.61. The van der Waals surface area contributed by atoms with Gasteiger partial charge < -0.3 is 4.90 Å². The molecular weight excluding hydrogens is 214 g/mol. The molecule has 4 nitrogen and oxygen atoms in total. The molecule has 0 saturated heterocycles. The molecule has 0 aromatic carbocycles. The quantitative estimate of drug-likeness (QED) is 0.660. The topological polar surface area (TPSA) is 47.3 Å². The number of amides is 1. The van der Waals surface area contributed by atoms with Gasteiger partial charge in [0.25, 0.3) is 0 Å². The van der Waals surface area contributed by atoms with Gasteiger partial charge in [-0.1, -0.05) is 12.8 Å². The second-order valence-corrected chi connectivity index (χ2v) is 4.57. The lowest BCUT2D eigenvalue weighted by Crippen LogP contribution is -2.44. The minimum Gasteiger partial charge on any atom is -0.342 e. The molecule has 1 amide bonds. The summed E-state index contributed by atoms with van der Waals surface area (Å²) in [5.74, 6) is 0.150. The van der Waals surface area contributed by atoms with Crippen molar-refractivity contribution >= 4 is 5.91 Å². The lowest BCUT2D eigenvalue weighted by Gasteiger charge is -2.28. The van der Waals surface area contributed by atoms with E-state index in [1.807, 2.05) is 23.6 Å². The van der Waals surface area contributed by atoms with Crippen molar-refractivity contribution in [3.05, 3.63) is 0 Å². The van der Waals surface area contributed by atoms with E-state index < -0.39 is 0 Å². The summed E-state index contributed by atoms with van der Waals surface area (Å²) in [5, 5.41) is 8.85. The minimum atomic E-state index is 0.150. The van der Waals surface area contributed by atoms with Crippen LogP contribution in [0.5, 0.6) is 0 Å². The van der Waals surface area contributed by atoms with Gasteiger partial charge in [0.15, 0.2) is 0 Å². The number of carbonyl (C=O) groups excluding carboxylic acids is 1. The van der Waals surface area contributed by atoms with Gasteiger partial charge >= 0.3 is 0 Å². The fraction of sp³-hybridized carbons (Fsp3) is 0.846. The standard InChI is InChI=1S/C13H23N3O/c1-3-15(4-2)13(17)11-16(10-9-14)12-7-5-6-8-12/h12H,3-8,10-11H2,1-2H3. The first kappa shape index (κ1) is 14.0. The van der Waals surface area contributed by atoms with E-state index in [1.165, 1.54) is 12.8 Å². The molecule has 1 aliphatic rings. The fourth-order valence-corrected chi connectivity index (χ4v) is 2.52. The Labute approximate surface area is 104 Å². The zero-order valence-electron chi connectivity index (χ0n) is 11.0. The molecule has 1 aliphatic carbocycles. The van der Waals surface area contributed by atoms with Crippen LogP contribution in [0.4, 0.5) is 0 Å². The Morgan fingerprint density at radius 3 is 2.35 bits per heavy atom. The van der Waals surface area contributed by atoms with E-state index >= 15 is 0 Å². The van der Waals surface area contributed by atoms with E-state index in [4.69, 9.17) is 5.26 Å². The Kier molecular flexibility index (Phi) is 5.99. The van der Waals surface area contributed by atoms with Gasteiger partial charge in [-0.3, -0.25) is 9.69 Å². The van der Waals surface area contributed by atoms with Gasteiger partial charge in [-0.15, -0.1) is 0 Å². The number of likely N-dealkylation sites (N-methyl/N-ethyl adjacent to an activating group) is 1. The van der Waals surface area contributed by atoms with Gasteiger partial charge in [0.1, 0.15) is 0 Å². The summed E-state index contributed by atoms with van der Waals surface area (Å²) in [6.45, 7) is 6.26. The zero-order valence-corrected chi connectivity index (χ0v) is 11.0. The van der Waals surface area contributed by atoms with Crippen LogP contribution in [0.1, 0.15) is 39.5 Å². The number of hydrogen-bond acceptors (Lipinski definition) is 3. The number of nitrogens with zero attached hydrogens (tertiary/aromatic N) is 3. The SMILES string of the molecule is CCN(CC)C(=O)CN(CC#N)C1CCCC1. The molecule has 1 fully saturated rings. The average Bonchev–Trinajstić information content (AvgIpc) is 2.83. The maximum Gasteiger partial charge on any atom is 0.236 e. The highest BCUT2D eigenvalue weighted by molar-refractivity contribution is 5.78. The average molecular weight is 237 g/mol. The molecule has 0 spiro atoms. The highest BCUT2D eigenvalue weighted by Crippen LogP contribution is 2.23. The van der Waals surface area contributed by atoms with Crippen molar-refractivity contribution in [3.8, 4) is 6.07 Å². The van der Waals surface area contributed by atoms with Crippen LogP contribution < -0.4 is 0 Å². The van der Waals surface area contributed by atoms with Gasteiger partial charge in [0, 0.05) is 19.1 Å². The molecule has 0 aromatic heterocycles. The van der Waals surface area contributed by atoms with Crippen molar-refractivity contribution in [1.29, 1.82) is 5.26 Å². The highest BCUT2D eigenvalue weighted by atomic mass is 16.2. The van der Waals surface area contributed by atoms with Crippen LogP contribution in [0, 0.1) is 11.3 Å². The molecule has 1 rings (SSSR count). The predicted octanol–water partition coefficient (Wildman–Crippen LogP) is 1.62. The molecule has 0 N–H and O–H groups in total. The van der Waals surface area contributed by atoms with Crippen LogP contribution in [0.15, 0.2) is 0 Å². The third-order valence-corrected chi connectivity index (χ3v) is 3.57. The largest absolute Gasteiger partial charge is 0.342 e. The van der Waals surface area contributed by atoms with E-state index in [9.17, 15) is 4.79 Å². The van der Waals surface area contributed by atoms with Crippen LogP contribution in [-0.2, 0) is 4.79 Å². The van der Waals surface area contributed by atoms with Gasteiger partial charge in [0.2, 0.25) is 5.91 Å². The van der Waals surface area contributed by atoms with Gasteiger partial charge in [-0.25, -0.2) is 0 Å². The summed E-state index contributed by atoms with van der Waals surface area (Å²) in [7, 11) is 0. The molecule has 0 atom stereocenters. The van der Waals surface area contributed by atoms with E-state index in [0.717, 1.165) is 25.9 Å². The summed E-state index contributed by atoms with van der Waals surface area (Å²) in [5.41, 5.74) is 0. The number of rotatable bonds is 6. The van der Waals surface area contributed by atoms with Crippen LogP contribution in [0.25, 0.3) is 0 Å². The molecule has 0 bridgehead atoms. The Hall–Kier alpha value is -1.08. The zero-order chi connectivity index (χ0) is 12.7. The molecule has 0 aromatic rings. The lowest BCUT2D eigenvalue weighted by atomic mass is 10.2. The third-order valence-electron chi connectivity index (χ3n) is 3.57. The van der Waals surface area contributed by atoms with E-state index in [-0.39, 0.29) is 5.91 Å². The maximum absolute atomic E-state index is 12.0. The van der Waals surface area contributed by atoms with Crippen molar-refractivity contribution < 1.29 is 4.79 Å². The van der Waals surface area contributed by atoms with Crippen molar-refractivity contribution in [2.75, 3.05) is 26.2 Å². The first-order valence-corrected chi connectivity index (χ1v) is 6.61. The summed E-state index contributed by atoms with van der Waals surface area (Å²) in [4.78, 5) is 15.9. The van der Waals surface area contributed by atoms with Crippen LogP contribution in [0.3, 0.4) is 0 Å². The van der Waals surface area contributed by atoms with Crippen molar-refractivity contribution in [2.45, 2.75) is 45.6 Å². The van der Waals surface area contributed by atoms with Crippen LogP contribution in [0.2, 0.25) is 0 Å². The van der Waals surface area contributed by atoms with Gasteiger partial charge in [0.05, 0.1) is 19.2 Å². The molecule has 4 heteroatoms. The molecule has 1 saturated carbocycles. The summed E-state index contributed by atoms with van der Waals surface area (Å²) in [6.07, 6.45) is 4.72. The molecular formula is C13H23N3O. The monoisotopic (exact) mass is 237 g/mol. The second-order valence-electron chi connectivity index (χ2n) is 4.57. The first-order chi connectivity index (χ1) is 8.22. The molecule has 0 radical (unpaired) electrons. The highest BCUT2D eigenvalue weighted by Gasteiger charge is 2.25. The van der Waals surface area contributed by atoms with Crippen molar-refractivity contribution in [1.82, 2.24) is 9.80 Å². The van der Waals surface area contributed by atoms with Crippen molar-refractivity contribution in [2.24, 2.45) is 0 Å². The van der Waals surface area contributed by atoms with Crippen molar-refractivity contribution in [3.63, 3.8) is 0 Å². The molecule has 96 valence electrons. The lowest BCUT2D eigenvalue weighted by molar-refractivity contribution is -0.132. The summed E-state index contributed by atoms with van der Waals surface area (Å²) >= 11 is 0. The third kappa shape index (κ3) is 4.01. The van der Waals surface area contributed by atoms with Gasteiger partial charge in [-0.2, -0.15) is 5.26 Å². The van der Waals surface area contributed by atoms with E-state index in [1.54, 1.807) is 0 Å². The molecule has 0 heterocycles. The fourth-order valence-electron chi connectivity index (χ4n) is 2.52. The molecule has 0 aliphatic heterocycles. The van der Waals surface area contributed by atoms with Gasteiger partial charge in [-0.05, 0) is 26.7 Å². The number of carbonyl (C=O) groups is 1. The normalized spacial score (nSPS) is 16.1. The molecule has 17 heavy (non-hydrogen) atoms. The Bertz CT molecular complexity index is 275. The van der Waals surface area contributed by atoms with E-state index in [2.05, 4.69) is 6.07 Å². The Morgan fingerprint density at radius 2 is 1.88 bits per heavy atom. The summed E-state index contributed by atoms with van der Waals surface area (Å²) in [6, 6.07) is 2.62. The second kappa shape index (κ2) is 7.29. The smallest absolute Gasteiger partial charge is 0.236 e. The number of nitriles is 1.